The molecule has 144 valence electrons. The number of amides is 1. The first-order valence-corrected chi connectivity index (χ1v) is 10.3. The van der Waals surface area contributed by atoms with Crippen molar-refractivity contribution >= 4 is 23.6 Å². The molecule has 1 atom stereocenters. The lowest BCUT2D eigenvalue weighted by Crippen LogP contribution is -2.41. The number of nitrogens with zero attached hydrogens (tertiary/aromatic N) is 2. The lowest BCUT2D eigenvalue weighted by atomic mass is 9.93. The lowest BCUT2D eigenvalue weighted by molar-refractivity contribution is -0.137. The molecule has 1 saturated heterocycles. The molecule has 7 heteroatoms. The van der Waals surface area contributed by atoms with Crippen molar-refractivity contribution in [1.29, 1.82) is 0 Å². The van der Waals surface area contributed by atoms with Gasteiger partial charge in [0.05, 0.1) is 11.4 Å². The first kappa shape index (κ1) is 19.5. The minimum absolute atomic E-state index is 0.117. The molecule has 0 aliphatic carbocycles. The maximum atomic E-state index is 12.4. The third kappa shape index (κ3) is 5.85. The highest BCUT2D eigenvalue weighted by atomic mass is 32.2. The Labute approximate surface area is 163 Å². The third-order valence-corrected chi connectivity index (χ3v) is 5.64. The summed E-state index contributed by atoms with van der Waals surface area (Å²) in [6, 6.07) is 9.72. The fourth-order valence-corrected chi connectivity index (χ4v) is 4.08. The van der Waals surface area contributed by atoms with Gasteiger partial charge in [-0.3, -0.25) is 9.59 Å². The predicted octanol–water partition coefficient (Wildman–Crippen LogP) is 3.68. The van der Waals surface area contributed by atoms with Crippen molar-refractivity contribution in [1.82, 2.24) is 9.88 Å². The van der Waals surface area contributed by atoms with Crippen LogP contribution in [0.3, 0.4) is 0 Å². The SMILES string of the molecule is O=C(O)CCC1CCCN(C(=O)CSCc2coc(-c3ccccc3)n2)C1. The number of carboxylic acid groups (broad SMARTS) is 1. The number of piperidine rings is 1. The molecular formula is C20H24N2O4S. The number of carbonyl (C=O) groups excluding carboxylic acids is 1. The van der Waals surface area contributed by atoms with Crippen LogP contribution in [0.15, 0.2) is 41.0 Å². The van der Waals surface area contributed by atoms with E-state index < -0.39 is 5.97 Å². The number of hydrogen-bond acceptors (Lipinski definition) is 5. The molecule has 1 aromatic carbocycles. The van der Waals surface area contributed by atoms with Crippen molar-refractivity contribution in [2.45, 2.75) is 31.4 Å². The summed E-state index contributed by atoms with van der Waals surface area (Å²) in [5, 5.41) is 8.82. The van der Waals surface area contributed by atoms with Crippen LogP contribution >= 0.6 is 11.8 Å². The second-order valence-corrected chi connectivity index (χ2v) is 7.77. The van der Waals surface area contributed by atoms with Crippen LogP contribution in [0, 0.1) is 5.92 Å². The van der Waals surface area contributed by atoms with E-state index in [-0.39, 0.29) is 12.3 Å². The summed E-state index contributed by atoms with van der Waals surface area (Å²) in [5.41, 5.74) is 1.76. The Kier molecular flexibility index (Phi) is 6.92. The molecular weight excluding hydrogens is 364 g/mol. The Bertz CT molecular complexity index is 762. The van der Waals surface area contributed by atoms with Crippen LogP contribution in [0.5, 0.6) is 0 Å². The molecule has 1 aromatic heterocycles. The lowest BCUT2D eigenvalue weighted by Gasteiger charge is -2.32. The molecule has 1 aliphatic heterocycles. The van der Waals surface area contributed by atoms with Crippen molar-refractivity contribution in [3.63, 3.8) is 0 Å². The molecule has 6 nitrogen and oxygen atoms in total. The van der Waals surface area contributed by atoms with E-state index in [1.54, 1.807) is 6.26 Å². The number of likely N-dealkylation sites (tertiary alicyclic amines) is 1. The minimum Gasteiger partial charge on any atom is -0.481 e. The van der Waals surface area contributed by atoms with Gasteiger partial charge in [-0.1, -0.05) is 18.2 Å². The number of hydrogen-bond donors (Lipinski definition) is 1. The van der Waals surface area contributed by atoms with Gasteiger partial charge >= 0.3 is 5.97 Å². The normalized spacial score (nSPS) is 17.0. The topological polar surface area (TPSA) is 83.6 Å². The summed E-state index contributed by atoms with van der Waals surface area (Å²) < 4.78 is 5.52. The number of carbonyl (C=O) groups is 2. The summed E-state index contributed by atoms with van der Waals surface area (Å²) in [4.78, 5) is 29.5. The van der Waals surface area contributed by atoms with Gasteiger partial charge in [-0.2, -0.15) is 0 Å². The van der Waals surface area contributed by atoms with Crippen LogP contribution in [0.25, 0.3) is 11.5 Å². The minimum atomic E-state index is -0.767. The van der Waals surface area contributed by atoms with Crippen molar-refractivity contribution in [2.75, 3.05) is 18.8 Å². The number of rotatable bonds is 8. The van der Waals surface area contributed by atoms with Crippen molar-refractivity contribution in [3.8, 4) is 11.5 Å². The highest BCUT2D eigenvalue weighted by molar-refractivity contribution is 7.99. The summed E-state index contributed by atoms with van der Waals surface area (Å²) in [5.74, 6) is 1.27. The Morgan fingerprint density at radius 1 is 1.30 bits per heavy atom. The average Bonchev–Trinajstić information content (AvgIpc) is 3.16. The molecule has 1 amide bonds. The van der Waals surface area contributed by atoms with Crippen molar-refractivity contribution in [2.24, 2.45) is 5.92 Å². The fraction of sp³-hybridized carbons (Fsp3) is 0.450. The van der Waals surface area contributed by atoms with Gasteiger partial charge in [-0.15, -0.1) is 11.8 Å². The molecule has 0 bridgehead atoms. The molecule has 2 aromatic rings. The van der Waals surface area contributed by atoms with Gasteiger partial charge in [0, 0.05) is 30.8 Å². The zero-order chi connectivity index (χ0) is 19.1. The van der Waals surface area contributed by atoms with E-state index in [4.69, 9.17) is 9.52 Å². The van der Waals surface area contributed by atoms with Gasteiger partial charge in [0.25, 0.3) is 0 Å². The molecule has 1 fully saturated rings. The quantitative estimate of drug-likeness (QED) is 0.743. The van der Waals surface area contributed by atoms with Gasteiger partial charge in [0.1, 0.15) is 6.26 Å². The summed E-state index contributed by atoms with van der Waals surface area (Å²) >= 11 is 1.53. The molecule has 0 radical (unpaired) electrons. The number of thioether (sulfide) groups is 1. The van der Waals surface area contributed by atoms with Crippen LogP contribution in [-0.4, -0.2) is 45.7 Å². The first-order chi connectivity index (χ1) is 13.1. The Morgan fingerprint density at radius 2 is 2.11 bits per heavy atom. The average molecular weight is 388 g/mol. The monoisotopic (exact) mass is 388 g/mol. The number of benzene rings is 1. The number of aliphatic carboxylic acids is 1. The van der Waals surface area contributed by atoms with E-state index in [9.17, 15) is 9.59 Å². The highest BCUT2D eigenvalue weighted by Gasteiger charge is 2.24. The van der Waals surface area contributed by atoms with E-state index in [0.29, 0.717) is 36.3 Å². The zero-order valence-electron chi connectivity index (χ0n) is 15.2. The second-order valence-electron chi connectivity index (χ2n) is 6.78. The standard InChI is InChI=1S/C20H24N2O4S/c23-18(22-10-4-5-15(11-22)8-9-19(24)25)14-27-13-17-12-26-20(21-17)16-6-2-1-3-7-16/h1-3,6-7,12,15H,4-5,8-11,13-14H2,(H,24,25). The smallest absolute Gasteiger partial charge is 0.303 e. The van der Waals surface area contributed by atoms with E-state index >= 15 is 0 Å². The van der Waals surface area contributed by atoms with E-state index in [2.05, 4.69) is 4.98 Å². The molecule has 27 heavy (non-hydrogen) atoms. The number of aromatic nitrogens is 1. The summed E-state index contributed by atoms with van der Waals surface area (Å²) in [6.45, 7) is 1.44. The maximum absolute atomic E-state index is 12.4. The van der Waals surface area contributed by atoms with Gasteiger partial charge in [0.2, 0.25) is 11.8 Å². The van der Waals surface area contributed by atoms with E-state index in [1.807, 2.05) is 35.2 Å². The van der Waals surface area contributed by atoms with Gasteiger partial charge < -0.3 is 14.4 Å². The number of oxazole rings is 1. The zero-order valence-corrected chi connectivity index (χ0v) is 16.0. The molecule has 1 unspecified atom stereocenters. The van der Waals surface area contributed by atoms with Crippen LogP contribution in [-0.2, 0) is 15.3 Å². The van der Waals surface area contributed by atoms with Crippen LogP contribution in [0.4, 0.5) is 0 Å². The third-order valence-electron chi connectivity index (χ3n) is 4.69. The summed E-state index contributed by atoms with van der Waals surface area (Å²) in [6.07, 6.45) is 4.42. The van der Waals surface area contributed by atoms with Crippen LogP contribution in [0.2, 0.25) is 0 Å². The number of carboxylic acids is 1. The largest absolute Gasteiger partial charge is 0.481 e. The van der Waals surface area contributed by atoms with Crippen molar-refractivity contribution < 1.29 is 19.1 Å². The van der Waals surface area contributed by atoms with Gasteiger partial charge in [-0.25, -0.2) is 4.98 Å². The Morgan fingerprint density at radius 3 is 2.89 bits per heavy atom. The Balaban J connectivity index is 1.43. The first-order valence-electron chi connectivity index (χ1n) is 9.19. The molecule has 2 heterocycles. The fourth-order valence-electron chi connectivity index (χ4n) is 3.28. The van der Waals surface area contributed by atoms with Gasteiger partial charge in [0.15, 0.2) is 0 Å². The molecule has 1 N–H and O–H groups in total. The summed E-state index contributed by atoms with van der Waals surface area (Å²) in [7, 11) is 0. The van der Waals surface area contributed by atoms with Gasteiger partial charge in [-0.05, 0) is 37.3 Å². The van der Waals surface area contributed by atoms with Crippen molar-refractivity contribution in [3.05, 3.63) is 42.3 Å². The molecule has 3 rings (SSSR count). The molecule has 0 spiro atoms. The molecule has 1 aliphatic rings. The Hall–Kier alpha value is -2.28. The second kappa shape index (κ2) is 9.60. The predicted molar refractivity (Wildman–Crippen MR) is 104 cm³/mol. The maximum Gasteiger partial charge on any atom is 0.303 e. The van der Waals surface area contributed by atoms with Crippen LogP contribution in [0.1, 0.15) is 31.4 Å². The van der Waals surface area contributed by atoms with E-state index in [0.717, 1.165) is 30.6 Å². The molecule has 0 saturated carbocycles. The highest BCUT2D eigenvalue weighted by Crippen LogP contribution is 2.23. The van der Waals surface area contributed by atoms with E-state index in [1.165, 1.54) is 11.8 Å². The van der Waals surface area contributed by atoms with Crippen LogP contribution < -0.4 is 0 Å².